The van der Waals surface area contributed by atoms with E-state index in [-0.39, 0.29) is 26.1 Å². The lowest BCUT2D eigenvalue weighted by Crippen LogP contribution is -2.37. The molecule has 0 saturated heterocycles. The summed E-state index contributed by atoms with van der Waals surface area (Å²) in [6, 6.07) is 0. The van der Waals surface area contributed by atoms with Crippen LogP contribution in [-0.2, 0) is 32.7 Å². The van der Waals surface area contributed by atoms with Gasteiger partial charge in [0.2, 0.25) is 0 Å². The summed E-state index contributed by atoms with van der Waals surface area (Å²) in [6.45, 7) is 3.84. The minimum absolute atomic E-state index is 0.0564. The first-order valence-electron chi connectivity index (χ1n) is 22.2. The van der Waals surface area contributed by atoms with Crippen molar-refractivity contribution in [1.82, 2.24) is 0 Å². The topological polar surface area (TPSA) is 111 Å². The van der Waals surface area contributed by atoms with E-state index in [1.54, 1.807) is 0 Å². The number of rotatable bonds is 38. The van der Waals surface area contributed by atoms with Gasteiger partial charge in [-0.05, 0) is 89.9 Å². The van der Waals surface area contributed by atoms with Crippen LogP contribution in [0.3, 0.4) is 0 Å². The van der Waals surface area contributed by atoms with Gasteiger partial charge in [-0.2, -0.15) is 0 Å². The normalized spacial score (nSPS) is 14.7. The van der Waals surface area contributed by atoms with Crippen molar-refractivity contribution in [3.63, 3.8) is 0 Å². The lowest BCUT2D eigenvalue weighted by molar-refractivity contribution is -0.870. The molecule has 0 aromatic carbocycles. The highest BCUT2D eigenvalue weighted by atomic mass is 31.2. The van der Waals surface area contributed by atoms with Crippen molar-refractivity contribution in [2.45, 2.75) is 136 Å². The maximum atomic E-state index is 12.7. The molecule has 0 saturated carbocycles. The summed E-state index contributed by atoms with van der Waals surface area (Å²) in [5, 5.41) is 0. The second kappa shape index (κ2) is 40.8. The first kappa shape index (κ1) is 56.4. The fourth-order valence-corrected chi connectivity index (χ4v) is 5.81. The zero-order valence-corrected chi connectivity index (χ0v) is 38.7. The van der Waals surface area contributed by atoms with Crippen molar-refractivity contribution >= 4 is 19.8 Å². The number of phosphoric acid groups is 1. The van der Waals surface area contributed by atoms with E-state index in [9.17, 15) is 19.0 Å². The van der Waals surface area contributed by atoms with Gasteiger partial charge in [-0.25, -0.2) is 0 Å². The number of nitrogens with zero attached hydrogens (tertiary/aromatic N) is 1. The van der Waals surface area contributed by atoms with Crippen molar-refractivity contribution < 1.29 is 42.1 Å². The predicted octanol–water partition coefficient (Wildman–Crippen LogP) is 12.3. The number of phosphoric ester groups is 1. The Morgan fingerprint density at radius 3 is 1.38 bits per heavy atom. The highest BCUT2D eigenvalue weighted by molar-refractivity contribution is 7.45. The molecule has 9 nitrogen and oxygen atoms in total. The molecule has 0 heterocycles. The first-order valence-corrected chi connectivity index (χ1v) is 23.7. The van der Waals surface area contributed by atoms with Gasteiger partial charge in [-0.3, -0.25) is 14.2 Å². The SMILES string of the molecule is CC/C=C\C/C=C\C/C=C\C/C=C\C/C=C\C/C=C\CCC(=O)O[C@H](COC(=O)CCCCCC/C=C\C/C=C\C/C=C\C/C=C\CC)COP(=O)([O-])OCC[N+](C)(C)C. The van der Waals surface area contributed by atoms with Crippen molar-refractivity contribution in [3.8, 4) is 0 Å². The van der Waals surface area contributed by atoms with Crippen LogP contribution in [0.5, 0.6) is 0 Å². The summed E-state index contributed by atoms with van der Waals surface area (Å²) >= 11 is 0. The van der Waals surface area contributed by atoms with Gasteiger partial charge in [0.05, 0.1) is 27.7 Å². The van der Waals surface area contributed by atoms with Gasteiger partial charge in [0, 0.05) is 12.8 Å². The van der Waals surface area contributed by atoms with E-state index < -0.39 is 32.5 Å². The summed E-state index contributed by atoms with van der Waals surface area (Å²) in [4.78, 5) is 37.5. The lowest BCUT2D eigenvalue weighted by atomic mass is 10.1. The molecule has 0 bridgehead atoms. The average Bonchev–Trinajstić information content (AvgIpc) is 3.20. The monoisotopic (exact) mass is 854 g/mol. The Hall–Kier alpha value is -3.59. The van der Waals surface area contributed by atoms with Crippen LogP contribution in [0.25, 0.3) is 0 Å². The molecule has 0 aliphatic carbocycles. The van der Waals surface area contributed by atoms with Gasteiger partial charge in [-0.15, -0.1) is 0 Å². The van der Waals surface area contributed by atoms with E-state index in [0.29, 0.717) is 23.9 Å². The van der Waals surface area contributed by atoms with Crippen LogP contribution in [-0.4, -0.2) is 70.0 Å². The molecular weight excluding hydrogens is 774 g/mol. The fourth-order valence-electron chi connectivity index (χ4n) is 5.08. The number of carbonyl (C=O) groups excluding carboxylic acids is 2. The minimum Gasteiger partial charge on any atom is -0.756 e. The molecule has 0 fully saturated rings. The van der Waals surface area contributed by atoms with Crippen LogP contribution in [0.1, 0.15) is 129 Å². The van der Waals surface area contributed by atoms with E-state index >= 15 is 0 Å². The third-order valence-electron chi connectivity index (χ3n) is 8.49. The Labute approximate surface area is 365 Å². The Balaban J connectivity index is 4.56. The van der Waals surface area contributed by atoms with E-state index in [2.05, 4.69) is 123 Å². The number of likely N-dealkylation sites (N-methyl/N-ethyl adjacent to an activating group) is 1. The van der Waals surface area contributed by atoms with Gasteiger partial charge in [-0.1, -0.05) is 148 Å². The number of unbranched alkanes of at least 4 members (excludes halogenated alkanes) is 4. The van der Waals surface area contributed by atoms with Crippen molar-refractivity contribution in [2.75, 3.05) is 47.5 Å². The summed E-state index contributed by atoms with van der Waals surface area (Å²) in [5.74, 6) is -0.975. The number of ether oxygens (including phenoxy) is 2. The van der Waals surface area contributed by atoms with Gasteiger partial charge in [0.25, 0.3) is 7.82 Å². The molecule has 0 aliphatic heterocycles. The first-order chi connectivity index (χ1) is 29.0. The van der Waals surface area contributed by atoms with Crippen LogP contribution in [0, 0.1) is 0 Å². The van der Waals surface area contributed by atoms with Crippen molar-refractivity contribution in [1.29, 1.82) is 0 Å². The number of quaternary nitrogens is 1. The summed E-state index contributed by atoms with van der Waals surface area (Å²) < 4.78 is 33.8. The van der Waals surface area contributed by atoms with Crippen LogP contribution < -0.4 is 4.89 Å². The Kier molecular flexibility index (Phi) is 38.4. The second-order valence-electron chi connectivity index (χ2n) is 15.3. The number of allylic oxidation sites excluding steroid dienone is 20. The highest BCUT2D eigenvalue weighted by Gasteiger charge is 2.21. The molecule has 10 heteroatoms. The Morgan fingerprint density at radius 1 is 0.517 bits per heavy atom. The lowest BCUT2D eigenvalue weighted by Gasteiger charge is -2.28. The van der Waals surface area contributed by atoms with Gasteiger partial charge < -0.3 is 27.9 Å². The molecule has 0 rings (SSSR count). The van der Waals surface area contributed by atoms with Gasteiger partial charge >= 0.3 is 11.9 Å². The number of hydrogen-bond acceptors (Lipinski definition) is 8. The number of esters is 2. The molecule has 2 atom stereocenters. The Bertz CT molecular complexity index is 1430. The van der Waals surface area contributed by atoms with Crippen LogP contribution >= 0.6 is 7.82 Å². The summed E-state index contributed by atoms with van der Waals surface area (Å²) in [5.41, 5.74) is 0. The van der Waals surface area contributed by atoms with Crippen molar-refractivity contribution in [3.05, 3.63) is 122 Å². The molecule has 0 N–H and O–H groups in total. The molecule has 0 amide bonds. The van der Waals surface area contributed by atoms with Crippen LogP contribution in [0.15, 0.2) is 122 Å². The van der Waals surface area contributed by atoms with Gasteiger partial charge in [0.1, 0.15) is 19.8 Å². The number of hydrogen-bond donors (Lipinski definition) is 0. The molecule has 0 radical (unpaired) electrons. The van der Waals surface area contributed by atoms with E-state index in [1.807, 2.05) is 33.3 Å². The zero-order chi connectivity index (χ0) is 44.3. The van der Waals surface area contributed by atoms with Crippen LogP contribution in [0.4, 0.5) is 0 Å². The quantitative estimate of drug-likeness (QED) is 0.0198. The largest absolute Gasteiger partial charge is 0.756 e. The van der Waals surface area contributed by atoms with E-state index in [1.165, 1.54) is 0 Å². The summed E-state index contributed by atoms with van der Waals surface area (Å²) in [7, 11) is 1.08. The smallest absolute Gasteiger partial charge is 0.306 e. The molecular formula is C50H80NO8P. The molecule has 0 aromatic heterocycles. The van der Waals surface area contributed by atoms with E-state index in [0.717, 1.165) is 89.9 Å². The Morgan fingerprint density at radius 2 is 0.933 bits per heavy atom. The summed E-state index contributed by atoms with van der Waals surface area (Å²) in [6.07, 6.45) is 56.7. The third-order valence-corrected chi connectivity index (χ3v) is 9.45. The zero-order valence-electron chi connectivity index (χ0n) is 37.8. The molecule has 60 heavy (non-hydrogen) atoms. The minimum atomic E-state index is -4.66. The molecule has 0 aromatic rings. The fraction of sp³-hybridized carbons (Fsp3) is 0.560. The van der Waals surface area contributed by atoms with Crippen LogP contribution in [0.2, 0.25) is 0 Å². The highest BCUT2D eigenvalue weighted by Crippen LogP contribution is 2.38. The number of carbonyl (C=O) groups is 2. The second-order valence-corrected chi connectivity index (χ2v) is 16.7. The predicted molar refractivity (Wildman–Crippen MR) is 249 cm³/mol. The third kappa shape index (κ3) is 44.0. The molecule has 1 unspecified atom stereocenters. The maximum absolute atomic E-state index is 12.7. The maximum Gasteiger partial charge on any atom is 0.306 e. The molecule has 0 spiro atoms. The van der Waals surface area contributed by atoms with Gasteiger partial charge in [0.15, 0.2) is 6.10 Å². The van der Waals surface area contributed by atoms with Crippen molar-refractivity contribution in [2.24, 2.45) is 0 Å². The molecule has 0 aliphatic rings. The van der Waals surface area contributed by atoms with E-state index in [4.69, 9.17) is 18.5 Å². The molecule has 338 valence electrons. The average molecular weight is 854 g/mol. The standard InChI is InChI=1S/C50H80NO8P/c1-6-8-10-12-14-16-18-20-22-24-25-27-29-31-33-35-37-39-41-43-50(53)59-48(47-58-60(54,55)57-45-44-51(3,4)5)46-56-49(52)42-40-38-36-34-32-30-28-26-23-21-19-17-15-13-11-9-7-2/h8-11,14-17,20-23,25,27-28,30-31,33,37,39,48H,6-7,12-13,18-19,24,26,29,32,34-36,38,40-47H2,1-5H3/b10-8-,11-9-,16-14-,17-15-,22-20-,23-21-,27-25-,30-28-,33-31-,39-37-/t48-/m1/s1.